The van der Waals surface area contributed by atoms with Crippen LogP contribution in [0, 0.1) is 0 Å². The minimum atomic E-state index is -1.11. The van der Waals surface area contributed by atoms with Crippen molar-refractivity contribution in [1.82, 2.24) is 0 Å². The standard InChI is InChI=1S/C9H8O4.C4H8O2/c1-6(10)13-8-5-3-2-4-7(8)9(11)12;1-2-3-4(5)6/h2-5H,1H3,(H,11,12);2-3H2,1H3,(H,5,6). The Hall–Kier alpha value is -2.37. The Labute approximate surface area is 110 Å². The van der Waals surface area contributed by atoms with E-state index in [0.717, 1.165) is 6.42 Å². The number of ether oxygens (including phenoxy) is 1. The highest BCUT2D eigenvalue weighted by molar-refractivity contribution is 5.91. The molecule has 0 bridgehead atoms. The van der Waals surface area contributed by atoms with Crippen molar-refractivity contribution in [2.45, 2.75) is 26.7 Å². The number of hydrogen-bond donors (Lipinski definition) is 2. The van der Waals surface area contributed by atoms with Crippen LogP contribution in [-0.4, -0.2) is 28.1 Å². The van der Waals surface area contributed by atoms with Crippen LogP contribution < -0.4 is 4.74 Å². The number of aromatic carboxylic acids is 1. The molecule has 1 aromatic rings. The summed E-state index contributed by atoms with van der Waals surface area (Å²) < 4.78 is 4.69. The number of carbonyl (C=O) groups is 3. The first-order chi connectivity index (χ1) is 8.88. The van der Waals surface area contributed by atoms with E-state index in [1.807, 2.05) is 6.92 Å². The quantitative estimate of drug-likeness (QED) is 0.641. The van der Waals surface area contributed by atoms with Gasteiger partial charge in [-0.25, -0.2) is 4.79 Å². The van der Waals surface area contributed by atoms with Gasteiger partial charge in [-0.15, -0.1) is 0 Å². The maximum atomic E-state index is 10.6. The molecule has 2 N–H and O–H groups in total. The maximum absolute atomic E-state index is 10.6. The summed E-state index contributed by atoms with van der Waals surface area (Å²) in [5.74, 6) is -2.29. The predicted molar refractivity (Wildman–Crippen MR) is 67.3 cm³/mol. The van der Waals surface area contributed by atoms with Gasteiger partial charge in [0.1, 0.15) is 11.3 Å². The van der Waals surface area contributed by atoms with Gasteiger partial charge in [-0.05, 0) is 18.6 Å². The van der Waals surface area contributed by atoms with Gasteiger partial charge in [0.15, 0.2) is 0 Å². The highest BCUT2D eigenvalue weighted by atomic mass is 16.5. The number of carboxylic acids is 2. The zero-order chi connectivity index (χ0) is 14.8. The molecule has 0 atom stereocenters. The minimum Gasteiger partial charge on any atom is -0.481 e. The molecule has 104 valence electrons. The summed E-state index contributed by atoms with van der Waals surface area (Å²) in [6, 6.07) is 5.98. The summed E-state index contributed by atoms with van der Waals surface area (Å²) >= 11 is 0. The van der Waals surface area contributed by atoms with Crippen molar-refractivity contribution in [3.8, 4) is 5.75 Å². The lowest BCUT2D eigenvalue weighted by molar-refractivity contribution is -0.137. The van der Waals surface area contributed by atoms with E-state index >= 15 is 0 Å². The SMILES string of the molecule is CC(=O)Oc1ccccc1C(=O)O.CCCC(=O)O. The summed E-state index contributed by atoms with van der Waals surface area (Å²) in [4.78, 5) is 30.8. The van der Waals surface area contributed by atoms with E-state index in [-0.39, 0.29) is 11.3 Å². The Kier molecular flexibility index (Phi) is 7.60. The molecule has 0 aliphatic heterocycles. The molecular weight excluding hydrogens is 252 g/mol. The number of benzene rings is 1. The zero-order valence-corrected chi connectivity index (χ0v) is 10.8. The average molecular weight is 268 g/mol. The molecule has 0 aliphatic carbocycles. The van der Waals surface area contributed by atoms with Crippen LogP contribution in [0.4, 0.5) is 0 Å². The third-order valence-electron chi connectivity index (χ3n) is 1.84. The first-order valence-corrected chi connectivity index (χ1v) is 5.61. The Morgan fingerprint density at radius 2 is 1.74 bits per heavy atom. The fourth-order valence-corrected chi connectivity index (χ4v) is 1.10. The Balaban J connectivity index is 0.000000459. The van der Waals surface area contributed by atoms with Gasteiger partial charge in [0.25, 0.3) is 0 Å². The molecule has 0 aromatic heterocycles. The number of rotatable bonds is 4. The zero-order valence-electron chi connectivity index (χ0n) is 10.8. The van der Waals surface area contributed by atoms with Gasteiger partial charge in [0.2, 0.25) is 0 Å². The summed E-state index contributed by atoms with van der Waals surface area (Å²) in [5.41, 5.74) is -0.0160. The van der Waals surface area contributed by atoms with Gasteiger partial charge in [-0.3, -0.25) is 9.59 Å². The first kappa shape index (κ1) is 16.6. The lowest BCUT2D eigenvalue weighted by Gasteiger charge is -2.03. The molecule has 0 radical (unpaired) electrons. The van der Waals surface area contributed by atoms with Crippen molar-refractivity contribution in [1.29, 1.82) is 0 Å². The predicted octanol–water partition coefficient (Wildman–Crippen LogP) is 2.18. The normalized spacial score (nSPS) is 8.95. The van der Waals surface area contributed by atoms with Crippen LogP contribution in [0.5, 0.6) is 5.75 Å². The first-order valence-electron chi connectivity index (χ1n) is 5.61. The number of esters is 1. The molecule has 0 heterocycles. The van der Waals surface area contributed by atoms with E-state index in [2.05, 4.69) is 4.74 Å². The van der Waals surface area contributed by atoms with Crippen LogP contribution in [-0.2, 0) is 9.59 Å². The fraction of sp³-hybridized carbons (Fsp3) is 0.308. The molecule has 1 rings (SSSR count). The van der Waals surface area contributed by atoms with Crippen molar-refractivity contribution in [3.63, 3.8) is 0 Å². The molecule has 0 fully saturated rings. The van der Waals surface area contributed by atoms with Crippen molar-refractivity contribution < 1.29 is 29.3 Å². The molecule has 0 unspecified atom stereocenters. The largest absolute Gasteiger partial charge is 0.481 e. The minimum absolute atomic E-state index is 0.0160. The van der Waals surface area contributed by atoms with Crippen LogP contribution in [0.3, 0.4) is 0 Å². The van der Waals surface area contributed by atoms with E-state index in [1.54, 1.807) is 12.1 Å². The van der Waals surface area contributed by atoms with Gasteiger partial charge in [0.05, 0.1) is 0 Å². The number of carboxylic acid groups (broad SMARTS) is 2. The van der Waals surface area contributed by atoms with Crippen molar-refractivity contribution >= 4 is 17.9 Å². The molecule has 0 saturated heterocycles. The molecule has 1 aromatic carbocycles. The second-order valence-electron chi connectivity index (χ2n) is 3.54. The second-order valence-corrected chi connectivity index (χ2v) is 3.54. The average Bonchev–Trinajstić information content (AvgIpc) is 2.29. The highest BCUT2D eigenvalue weighted by Gasteiger charge is 2.10. The Bertz CT molecular complexity index is 452. The number of para-hydroxylation sites is 1. The van der Waals surface area contributed by atoms with Crippen molar-refractivity contribution in [3.05, 3.63) is 29.8 Å². The topological polar surface area (TPSA) is 101 Å². The summed E-state index contributed by atoms with van der Waals surface area (Å²) in [6.45, 7) is 3.06. The van der Waals surface area contributed by atoms with E-state index < -0.39 is 17.9 Å². The van der Waals surface area contributed by atoms with Gasteiger partial charge < -0.3 is 14.9 Å². The highest BCUT2D eigenvalue weighted by Crippen LogP contribution is 2.17. The molecule has 0 saturated carbocycles. The number of carbonyl (C=O) groups excluding carboxylic acids is 1. The number of hydrogen-bond acceptors (Lipinski definition) is 4. The summed E-state index contributed by atoms with van der Waals surface area (Å²) in [7, 11) is 0. The lowest BCUT2D eigenvalue weighted by atomic mass is 10.2. The smallest absolute Gasteiger partial charge is 0.339 e. The molecule has 19 heavy (non-hydrogen) atoms. The van der Waals surface area contributed by atoms with Gasteiger partial charge in [-0.1, -0.05) is 19.1 Å². The van der Waals surface area contributed by atoms with Crippen molar-refractivity contribution in [2.75, 3.05) is 0 Å². The van der Waals surface area contributed by atoms with Crippen LogP contribution in [0.25, 0.3) is 0 Å². The van der Waals surface area contributed by atoms with E-state index in [4.69, 9.17) is 10.2 Å². The Morgan fingerprint density at radius 1 is 1.16 bits per heavy atom. The van der Waals surface area contributed by atoms with Crippen LogP contribution in [0.15, 0.2) is 24.3 Å². The fourth-order valence-electron chi connectivity index (χ4n) is 1.10. The number of aliphatic carboxylic acids is 1. The van der Waals surface area contributed by atoms with E-state index in [9.17, 15) is 14.4 Å². The van der Waals surface area contributed by atoms with E-state index in [0.29, 0.717) is 6.42 Å². The van der Waals surface area contributed by atoms with Gasteiger partial charge >= 0.3 is 17.9 Å². The van der Waals surface area contributed by atoms with Gasteiger partial charge in [0, 0.05) is 13.3 Å². The third-order valence-corrected chi connectivity index (χ3v) is 1.84. The molecule has 0 amide bonds. The Morgan fingerprint density at radius 3 is 2.11 bits per heavy atom. The molecule has 0 spiro atoms. The monoisotopic (exact) mass is 268 g/mol. The molecular formula is C13H16O6. The maximum Gasteiger partial charge on any atom is 0.339 e. The lowest BCUT2D eigenvalue weighted by Crippen LogP contribution is -2.06. The van der Waals surface area contributed by atoms with Crippen molar-refractivity contribution in [2.24, 2.45) is 0 Å². The van der Waals surface area contributed by atoms with Crippen LogP contribution >= 0.6 is 0 Å². The summed E-state index contributed by atoms with van der Waals surface area (Å²) in [5, 5.41) is 16.6. The molecule has 0 aliphatic rings. The van der Waals surface area contributed by atoms with Crippen LogP contribution in [0.1, 0.15) is 37.0 Å². The third kappa shape index (κ3) is 7.54. The summed E-state index contributed by atoms with van der Waals surface area (Å²) in [6.07, 6.45) is 1.02. The second kappa shape index (κ2) is 8.68. The molecule has 6 heteroatoms. The van der Waals surface area contributed by atoms with Gasteiger partial charge in [-0.2, -0.15) is 0 Å². The van der Waals surface area contributed by atoms with E-state index in [1.165, 1.54) is 19.1 Å². The van der Waals surface area contributed by atoms with Crippen LogP contribution in [0.2, 0.25) is 0 Å². The molecule has 6 nitrogen and oxygen atoms in total.